The first-order valence-corrected chi connectivity index (χ1v) is 13.4. The van der Waals surface area contributed by atoms with E-state index in [0.29, 0.717) is 29.5 Å². The van der Waals surface area contributed by atoms with Crippen LogP contribution in [-0.4, -0.2) is 43.0 Å². The molecular weight excluding hydrogens is 438 g/mol. The third-order valence-corrected chi connectivity index (χ3v) is 8.45. The summed E-state index contributed by atoms with van der Waals surface area (Å²) in [6, 6.07) is 3.42. The molecule has 0 spiro atoms. The summed E-state index contributed by atoms with van der Waals surface area (Å²) in [5.74, 6) is 0.650. The topological polar surface area (TPSA) is 110 Å². The van der Waals surface area contributed by atoms with E-state index in [1.807, 2.05) is 6.26 Å². The van der Waals surface area contributed by atoms with Crippen LogP contribution in [0.25, 0.3) is 11.1 Å². The van der Waals surface area contributed by atoms with Crippen LogP contribution in [0.2, 0.25) is 0 Å². The minimum atomic E-state index is -3.99. The monoisotopic (exact) mass is 469 g/mol. The number of fused-ring (bicyclic) bond motifs is 1. The number of sulfonamides is 1. The molecule has 1 amide bonds. The SMILES string of the molecule is CSCCC(NS(=O)(=O)c1ccc2c(c1)oc(=O)n2C)C(=O)NC1CCCC(C)C1C. The Kier molecular flexibility index (Phi) is 7.54. The molecule has 2 aromatic rings. The highest BCUT2D eigenvalue weighted by atomic mass is 32.2. The number of aromatic nitrogens is 1. The van der Waals surface area contributed by atoms with Gasteiger partial charge in [-0.1, -0.05) is 26.7 Å². The number of thioether (sulfide) groups is 1. The van der Waals surface area contributed by atoms with Crippen LogP contribution in [0.1, 0.15) is 39.5 Å². The van der Waals surface area contributed by atoms with Crippen molar-refractivity contribution in [3.63, 3.8) is 0 Å². The lowest BCUT2D eigenvalue weighted by molar-refractivity contribution is -0.124. The molecule has 1 aromatic heterocycles. The van der Waals surface area contributed by atoms with Crippen molar-refractivity contribution in [1.82, 2.24) is 14.6 Å². The van der Waals surface area contributed by atoms with Crippen LogP contribution in [0.15, 0.2) is 32.3 Å². The first-order chi connectivity index (χ1) is 14.6. The first kappa shape index (κ1) is 23.9. The molecule has 8 nitrogen and oxygen atoms in total. The summed E-state index contributed by atoms with van der Waals surface area (Å²) < 4.78 is 35.0. The van der Waals surface area contributed by atoms with Gasteiger partial charge in [0.25, 0.3) is 0 Å². The molecule has 1 aliphatic rings. The molecule has 0 radical (unpaired) electrons. The molecule has 2 N–H and O–H groups in total. The number of carbonyl (C=O) groups is 1. The normalized spacial score (nSPS) is 23.0. The number of aryl methyl sites for hydroxylation is 1. The van der Waals surface area contributed by atoms with Crippen molar-refractivity contribution in [2.75, 3.05) is 12.0 Å². The predicted octanol–water partition coefficient (Wildman–Crippen LogP) is 2.47. The van der Waals surface area contributed by atoms with Crippen LogP contribution in [0.4, 0.5) is 0 Å². The number of oxazole rings is 1. The number of amides is 1. The van der Waals surface area contributed by atoms with Gasteiger partial charge in [0.15, 0.2) is 5.58 Å². The molecule has 0 bridgehead atoms. The molecule has 31 heavy (non-hydrogen) atoms. The van der Waals surface area contributed by atoms with Crippen molar-refractivity contribution in [3.8, 4) is 0 Å². The summed E-state index contributed by atoms with van der Waals surface area (Å²) in [6.07, 6.45) is 5.41. The second-order valence-corrected chi connectivity index (χ2v) is 11.1. The van der Waals surface area contributed by atoms with Crippen molar-refractivity contribution in [3.05, 3.63) is 28.7 Å². The molecule has 1 fully saturated rings. The van der Waals surface area contributed by atoms with Crippen LogP contribution >= 0.6 is 11.8 Å². The van der Waals surface area contributed by atoms with Crippen LogP contribution in [0, 0.1) is 11.8 Å². The summed E-state index contributed by atoms with van der Waals surface area (Å²) in [6.45, 7) is 4.33. The Morgan fingerprint density at radius 1 is 1.32 bits per heavy atom. The smallest absolute Gasteiger partial charge is 0.408 e. The maximum Gasteiger partial charge on any atom is 0.419 e. The van der Waals surface area contributed by atoms with E-state index in [4.69, 9.17) is 4.42 Å². The van der Waals surface area contributed by atoms with Gasteiger partial charge < -0.3 is 9.73 Å². The van der Waals surface area contributed by atoms with Crippen molar-refractivity contribution >= 4 is 38.8 Å². The van der Waals surface area contributed by atoms with E-state index in [2.05, 4.69) is 23.9 Å². The minimum absolute atomic E-state index is 0.0454. The zero-order valence-corrected chi connectivity index (χ0v) is 20.0. The molecule has 3 rings (SSSR count). The number of nitrogens with zero attached hydrogens (tertiary/aromatic N) is 1. The van der Waals surface area contributed by atoms with Crippen molar-refractivity contribution in [2.24, 2.45) is 18.9 Å². The Labute approximate surface area is 187 Å². The zero-order valence-electron chi connectivity index (χ0n) is 18.4. The van der Waals surface area contributed by atoms with E-state index in [-0.39, 0.29) is 22.4 Å². The van der Waals surface area contributed by atoms with Gasteiger partial charge in [-0.3, -0.25) is 9.36 Å². The zero-order chi connectivity index (χ0) is 22.8. The number of hydrogen-bond donors (Lipinski definition) is 2. The van der Waals surface area contributed by atoms with Gasteiger partial charge in [0, 0.05) is 19.2 Å². The third-order valence-electron chi connectivity index (χ3n) is 6.33. The van der Waals surface area contributed by atoms with Gasteiger partial charge >= 0.3 is 5.76 Å². The van der Waals surface area contributed by atoms with Gasteiger partial charge in [0.05, 0.1) is 10.4 Å². The quantitative estimate of drug-likeness (QED) is 0.615. The highest BCUT2D eigenvalue weighted by molar-refractivity contribution is 7.98. The largest absolute Gasteiger partial charge is 0.419 e. The van der Waals surface area contributed by atoms with E-state index in [1.165, 1.54) is 22.8 Å². The van der Waals surface area contributed by atoms with Crippen LogP contribution in [-0.2, 0) is 21.9 Å². The highest BCUT2D eigenvalue weighted by Gasteiger charge is 2.32. The standard InChI is InChI=1S/C21H31N3O5S2/c1-13-6-5-7-16(14(13)2)22-20(25)17(10-11-30-4)23-31(27,28)15-8-9-18-19(12-15)29-21(26)24(18)3/h8-9,12-14,16-17,23H,5-7,10-11H2,1-4H3,(H,22,25). The van der Waals surface area contributed by atoms with Gasteiger partial charge in [-0.2, -0.15) is 16.5 Å². The lowest BCUT2D eigenvalue weighted by Gasteiger charge is -2.35. The second-order valence-electron chi connectivity index (χ2n) is 8.39. The number of hydrogen-bond acceptors (Lipinski definition) is 6. The van der Waals surface area contributed by atoms with E-state index in [9.17, 15) is 18.0 Å². The summed E-state index contributed by atoms with van der Waals surface area (Å²) >= 11 is 1.56. The first-order valence-electron chi connectivity index (χ1n) is 10.5. The molecule has 10 heteroatoms. The average molecular weight is 470 g/mol. The van der Waals surface area contributed by atoms with Crippen LogP contribution < -0.4 is 15.8 Å². The minimum Gasteiger partial charge on any atom is -0.408 e. The molecule has 1 saturated carbocycles. The predicted molar refractivity (Wildman–Crippen MR) is 123 cm³/mol. The van der Waals surface area contributed by atoms with Crippen LogP contribution in [0.5, 0.6) is 0 Å². The molecule has 4 atom stereocenters. The van der Waals surface area contributed by atoms with E-state index in [1.54, 1.807) is 18.8 Å². The third kappa shape index (κ3) is 5.35. The summed E-state index contributed by atoms with van der Waals surface area (Å²) in [5, 5.41) is 3.08. The van der Waals surface area contributed by atoms with Crippen molar-refractivity contribution < 1.29 is 17.6 Å². The second kappa shape index (κ2) is 9.79. The van der Waals surface area contributed by atoms with Gasteiger partial charge in [-0.25, -0.2) is 13.2 Å². The Balaban J connectivity index is 1.80. The lowest BCUT2D eigenvalue weighted by atomic mass is 9.78. The Morgan fingerprint density at radius 2 is 2.06 bits per heavy atom. The molecular formula is C21H31N3O5S2. The molecule has 1 aromatic carbocycles. The summed E-state index contributed by atoms with van der Waals surface area (Å²) in [7, 11) is -2.43. The average Bonchev–Trinajstić information content (AvgIpc) is 3.01. The number of nitrogens with one attached hydrogen (secondary N) is 2. The Bertz CT molecular complexity index is 1090. The maximum absolute atomic E-state index is 13.0. The lowest BCUT2D eigenvalue weighted by Crippen LogP contribution is -2.52. The number of rotatable bonds is 8. The van der Waals surface area contributed by atoms with E-state index < -0.39 is 21.8 Å². The van der Waals surface area contributed by atoms with Crippen molar-refractivity contribution in [1.29, 1.82) is 0 Å². The van der Waals surface area contributed by atoms with E-state index in [0.717, 1.165) is 19.3 Å². The van der Waals surface area contributed by atoms with Crippen LogP contribution in [0.3, 0.4) is 0 Å². The van der Waals surface area contributed by atoms with E-state index >= 15 is 0 Å². The van der Waals surface area contributed by atoms with Gasteiger partial charge in [-0.05, 0) is 48.8 Å². The summed E-state index contributed by atoms with van der Waals surface area (Å²) in [4.78, 5) is 24.7. The molecule has 1 heterocycles. The fraction of sp³-hybridized carbons (Fsp3) is 0.619. The maximum atomic E-state index is 13.0. The fourth-order valence-corrected chi connectivity index (χ4v) is 5.80. The van der Waals surface area contributed by atoms with Crippen molar-refractivity contribution in [2.45, 2.75) is 56.5 Å². The highest BCUT2D eigenvalue weighted by Crippen LogP contribution is 2.29. The number of carbonyl (C=O) groups excluding carboxylic acids is 1. The molecule has 1 aliphatic carbocycles. The van der Waals surface area contributed by atoms with Gasteiger partial charge in [0.2, 0.25) is 15.9 Å². The Hall–Kier alpha value is -1.78. The van der Waals surface area contributed by atoms with Gasteiger partial charge in [0.1, 0.15) is 6.04 Å². The number of benzene rings is 1. The molecule has 4 unspecified atom stereocenters. The molecule has 172 valence electrons. The summed E-state index contributed by atoms with van der Waals surface area (Å²) in [5.41, 5.74) is 0.687. The molecule has 0 saturated heterocycles. The Morgan fingerprint density at radius 3 is 2.77 bits per heavy atom. The fourth-order valence-electron chi connectivity index (χ4n) is 4.08. The molecule has 0 aliphatic heterocycles. The van der Waals surface area contributed by atoms with Gasteiger partial charge in [-0.15, -0.1) is 0 Å².